The van der Waals surface area contributed by atoms with E-state index in [0.717, 1.165) is 12.8 Å². The molecule has 0 radical (unpaired) electrons. The van der Waals surface area contributed by atoms with Crippen molar-refractivity contribution in [2.75, 3.05) is 32.9 Å². The molecule has 3 aliphatic heterocycles. The molecule has 1 saturated carbocycles. The van der Waals surface area contributed by atoms with Crippen LogP contribution in [0.4, 0.5) is 0 Å². The van der Waals surface area contributed by atoms with Gasteiger partial charge in [-0.3, -0.25) is 9.59 Å². The molecule has 5 atom stereocenters. The van der Waals surface area contributed by atoms with Gasteiger partial charge in [0, 0.05) is 19.0 Å². The lowest BCUT2D eigenvalue weighted by atomic mass is 9.81. The van der Waals surface area contributed by atoms with Crippen LogP contribution >= 0.6 is 0 Å². The minimum Gasteiger partial charge on any atom is -0.481 e. The number of amides is 1. The van der Waals surface area contributed by atoms with Crippen molar-refractivity contribution in [1.29, 1.82) is 0 Å². The van der Waals surface area contributed by atoms with E-state index in [2.05, 4.69) is 0 Å². The number of hydrogen-bond acceptors (Lipinski definition) is 4. The van der Waals surface area contributed by atoms with Crippen molar-refractivity contribution in [3.8, 4) is 0 Å². The fourth-order valence-corrected chi connectivity index (χ4v) is 4.66. The van der Waals surface area contributed by atoms with E-state index < -0.39 is 11.4 Å². The van der Waals surface area contributed by atoms with Crippen molar-refractivity contribution in [3.63, 3.8) is 0 Å². The Morgan fingerprint density at radius 1 is 1.24 bits per heavy atom. The maximum Gasteiger partial charge on any atom is 0.314 e. The summed E-state index contributed by atoms with van der Waals surface area (Å²) in [6.07, 6.45) is 3.05. The summed E-state index contributed by atoms with van der Waals surface area (Å²) < 4.78 is 11.1. The van der Waals surface area contributed by atoms with Gasteiger partial charge in [-0.05, 0) is 24.7 Å². The van der Waals surface area contributed by atoms with Gasteiger partial charge in [0.05, 0.1) is 19.8 Å². The van der Waals surface area contributed by atoms with E-state index in [9.17, 15) is 14.7 Å². The Balaban J connectivity index is 1.50. The molecule has 4 rings (SSSR count). The Bertz CT molecular complexity index is 481. The minimum atomic E-state index is -0.899. The molecule has 0 aromatic heterocycles. The van der Waals surface area contributed by atoms with Crippen LogP contribution in [0.15, 0.2) is 0 Å². The molecule has 0 aromatic carbocycles. The second-order valence-electron chi connectivity index (χ2n) is 7.00. The van der Waals surface area contributed by atoms with Crippen molar-refractivity contribution in [3.05, 3.63) is 0 Å². The first kappa shape index (κ1) is 13.5. The molecule has 0 unspecified atom stereocenters. The number of ether oxygens (including phenoxy) is 2. The second kappa shape index (κ2) is 4.68. The number of likely N-dealkylation sites (tertiary alicyclic amines) is 1. The lowest BCUT2D eigenvalue weighted by Crippen LogP contribution is -2.44. The SMILES string of the molecule is O=C([C@@H]1OC[C@@H]2CCC[C@@H]21)N1C[C@@H]2COC[C@]2(C(=O)O)C1. The number of rotatable bonds is 2. The van der Waals surface area contributed by atoms with E-state index in [1.54, 1.807) is 4.90 Å². The summed E-state index contributed by atoms with van der Waals surface area (Å²) in [5.41, 5.74) is -0.899. The monoisotopic (exact) mass is 295 g/mol. The highest BCUT2D eigenvalue weighted by Crippen LogP contribution is 2.45. The fourth-order valence-electron chi connectivity index (χ4n) is 4.66. The standard InChI is InChI=1S/C15H21NO5/c17-13(12-11-3-1-2-9(11)5-21-12)16-4-10-6-20-8-15(10,7-16)14(18)19/h9-12H,1-8H2,(H,18,19)/t9-,10+,11-,12+,15+/m0/s1. The van der Waals surface area contributed by atoms with E-state index >= 15 is 0 Å². The number of nitrogens with zero attached hydrogens (tertiary/aromatic N) is 1. The molecular formula is C15H21NO5. The number of carboxylic acid groups (broad SMARTS) is 1. The molecular weight excluding hydrogens is 274 g/mol. The van der Waals surface area contributed by atoms with Gasteiger partial charge >= 0.3 is 5.97 Å². The van der Waals surface area contributed by atoms with Gasteiger partial charge in [0.1, 0.15) is 11.5 Å². The molecule has 1 amide bonds. The summed E-state index contributed by atoms with van der Waals surface area (Å²) in [6, 6.07) is 0. The van der Waals surface area contributed by atoms with E-state index in [4.69, 9.17) is 9.47 Å². The topological polar surface area (TPSA) is 76.1 Å². The Morgan fingerprint density at radius 3 is 2.86 bits per heavy atom. The Hall–Kier alpha value is -1.14. The summed E-state index contributed by atoms with van der Waals surface area (Å²) in [4.78, 5) is 26.1. The Labute approximate surface area is 123 Å². The molecule has 1 N–H and O–H groups in total. The zero-order valence-electron chi connectivity index (χ0n) is 12.0. The third-order valence-corrected chi connectivity index (χ3v) is 5.95. The summed E-state index contributed by atoms with van der Waals surface area (Å²) in [6.45, 7) is 2.10. The van der Waals surface area contributed by atoms with Gasteiger partial charge in [0.2, 0.25) is 0 Å². The Kier molecular flexibility index (Phi) is 3.01. The van der Waals surface area contributed by atoms with Gasteiger partial charge in [0.25, 0.3) is 5.91 Å². The number of aliphatic carboxylic acids is 1. The van der Waals surface area contributed by atoms with E-state index in [0.29, 0.717) is 31.6 Å². The number of carbonyl (C=O) groups is 2. The predicted octanol–water partition coefficient (Wildman–Crippen LogP) is 0.361. The van der Waals surface area contributed by atoms with Crippen LogP contribution in [0.1, 0.15) is 19.3 Å². The summed E-state index contributed by atoms with van der Waals surface area (Å²) in [5.74, 6) is -0.0571. The normalized spacial score (nSPS) is 44.9. The quantitative estimate of drug-likeness (QED) is 0.796. The third-order valence-electron chi connectivity index (χ3n) is 5.95. The largest absolute Gasteiger partial charge is 0.481 e. The molecule has 3 heterocycles. The first-order chi connectivity index (χ1) is 10.1. The van der Waals surface area contributed by atoms with E-state index in [1.807, 2.05) is 0 Å². The lowest BCUT2D eigenvalue weighted by molar-refractivity contribution is -0.150. The van der Waals surface area contributed by atoms with Crippen LogP contribution in [0, 0.1) is 23.2 Å². The summed E-state index contributed by atoms with van der Waals surface area (Å²) in [5, 5.41) is 9.54. The van der Waals surface area contributed by atoms with Crippen LogP contribution in [0.3, 0.4) is 0 Å². The smallest absolute Gasteiger partial charge is 0.314 e. The first-order valence-electron chi connectivity index (χ1n) is 7.83. The van der Waals surface area contributed by atoms with E-state index in [-0.39, 0.29) is 31.1 Å². The zero-order valence-corrected chi connectivity index (χ0v) is 12.0. The number of hydrogen-bond donors (Lipinski definition) is 1. The fraction of sp³-hybridized carbons (Fsp3) is 0.867. The van der Waals surface area contributed by atoms with Crippen LogP contribution in [-0.4, -0.2) is 60.9 Å². The van der Waals surface area contributed by atoms with Crippen LogP contribution in [0.25, 0.3) is 0 Å². The van der Waals surface area contributed by atoms with Gasteiger partial charge in [-0.15, -0.1) is 0 Å². The van der Waals surface area contributed by atoms with Crippen molar-refractivity contribution in [2.24, 2.45) is 23.2 Å². The summed E-state index contributed by atoms with van der Waals surface area (Å²) in [7, 11) is 0. The predicted molar refractivity (Wildman–Crippen MR) is 71.5 cm³/mol. The summed E-state index contributed by atoms with van der Waals surface area (Å²) >= 11 is 0. The highest BCUT2D eigenvalue weighted by molar-refractivity contribution is 5.84. The van der Waals surface area contributed by atoms with Gasteiger partial charge in [-0.1, -0.05) is 6.42 Å². The Morgan fingerprint density at radius 2 is 2.10 bits per heavy atom. The number of fused-ring (bicyclic) bond motifs is 2. The van der Waals surface area contributed by atoms with Crippen molar-refractivity contribution < 1.29 is 24.2 Å². The number of carboxylic acids is 1. The number of carbonyl (C=O) groups excluding carboxylic acids is 1. The van der Waals surface area contributed by atoms with Crippen molar-refractivity contribution in [1.82, 2.24) is 4.90 Å². The molecule has 4 fully saturated rings. The lowest BCUT2D eigenvalue weighted by Gasteiger charge is -2.25. The van der Waals surface area contributed by atoms with Gasteiger partial charge in [-0.2, -0.15) is 0 Å². The highest BCUT2D eigenvalue weighted by Gasteiger charge is 2.58. The molecule has 21 heavy (non-hydrogen) atoms. The third kappa shape index (κ3) is 1.85. The van der Waals surface area contributed by atoms with Gasteiger partial charge in [0.15, 0.2) is 0 Å². The zero-order chi connectivity index (χ0) is 14.6. The van der Waals surface area contributed by atoms with Crippen molar-refractivity contribution >= 4 is 11.9 Å². The van der Waals surface area contributed by atoms with Crippen LogP contribution < -0.4 is 0 Å². The second-order valence-corrected chi connectivity index (χ2v) is 7.00. The minimum absolute atomic E-state index is 0.000532. The van der Waals surface area contributed by atoms with Crippen LogP contribution in [0.5, 0.6) is 0 Å². The molecule has 0 spiro atoms. The molecule has 0 bridgehead atoms. The molecule has 6 heteroatoms. The molecule has 116 valence electrons. The molecule has 1 aliphatic carbocycles. The van der Waals surface area contributed by atoms with Gasteiger partial charge in [-0.25, -0.2) is 0 Å². The highest BCUT2D eigenvalue weighted by atomic mass is 16.5. The van der Waals surface area contributed by atoms with Gasteiger partial charge < -0.3 is 19.5 Å². The molecule has 6 nitrogen and oxygen atoms in total. The average molecular weight is 295 g/mol. The average Bonchev–Trinajstić information content (AvgIpc) is 3.16. The molecule has 0 aromatic rings. The first-order valence-corrected chi connectivity index (χ1v) is 7.83. The van der Waals surface area contributed by atoms with Crippen LogP contribution in [-0.2, 0) is 19.1 Å². The van der Waals surface area contributed by atoms with Crippen LogP contribution in [0.2, 0.25) is 0 Å². The maximum absolute atomic E-state index is 12.8. The molecule has 3 saturated heterocycles. The van der Waals surface area contributed by atoms with Crippen molar-refractivity contribution in [2.45, 2.75) is 25.4 Å². The maximum atomic E-state index is 12.8. The molecule has 4 aliphatic rings. The van der Waals surface area contributed by atoms with E-state index in [1.165, 1.54) is 6.42 Å².